The highest BCUT2D eigenvalue weighted by Crippen LogP contribution is 2.36. The van der Waals surface area contributed by atoms with Gasteiger partial charge in [0.25, 0.3) is 0 Å². The molecule has 2 aromatic rings. The van der Waals surface area contributed by atoms with Crippen LogP contribution in [0.1, 0.15) is 36.1 Å². The molecule has 2 nitrogen and oxygen atoms in total. The van der Waals surface area contributed by atoms with E-state index in [0.717, 1.165) is 29.7 Å². The Bertz CT molecular complexity index is 641. The number of para-hydroxylation sites is 1. The second-order valence-electron chi connectivity index (χ2n) is 5.49. The van der Waals surface area contributed by atoms with Crippen LogP contribution in [0.2, 0.25) is 0 Å². The minimum atomic E-state index is -0.189. The van der Waals surface area contributed by atoms with E-state index in [-0.39, 0.29) is 11.9 Å². The minimum absolute atomic E-state index is 0.0226. The first-order valence-corrected chi connectivity index (χ1v) is 7.40. The van der Waals surface area contributed by atoms with E-state index in [1.54, 1.807) is 19.2 Å². The van der Waals surface area contributed by atoms with Crippen LogP contribution in [-0.2, 0) is 6.42 Å². The molecular formula is C18H20FNO. The van der Waals surface area contributed by atoms with E-state index in [1.807, 2.05) is 30.3 Å². The largest absolute Gasteiger partial charge is 0.496 e. The van der Waals surface area contributed by atoms with E-state index in [4.69, 9.17) is 4.74 Å². The smallest absolute Gasteiger partial charge is 0.123 e. The molecule has 3 rings (SSSR count). The Morgan fingerprint density at radius 1 is 1.19 bits per heavy atom. The Balaban J connectivity index is 2.11. The van der Waals surface area contributed by atoms with E-state index in [2.05, 4.69) is 12.2 Å². The van der Waals surface area contributed by atoms with Crippen molar-refractivity contribution in [3.63, 3.8) is 0 Å². The number of nitrogens with one attached hydrogen (secondary N) is 1. The number of hydrogen-bond donors (Lipinski definition) is 1. The maximum absolute atomic E-state index is 13.7. The Kier molecular flexibility index (Phi) is 3.93. The molecule has 110 valence electrons. The molecule has 1 aliphatic rings. The van der Waals surface area contributed by atoms with Gasteiger partial charge >= 0.3 is 0 Å². The van der Waals surface area contributed by atoms with Gasteiger partial charge in [-0.1, -0.05) is 31.2 Å². The molecule has 2 atom stereocenters. The van der Waals surface area contributed by atoms with Crippen LogP contribution < -0.4 is 10.1 Å². The van der Waals surface area contributed by atoms with Gasteiger partial charge in [0.2, 0.25) is 0 Å². The summed E-state index contributed by atoms with van der Waals surface area (Å²) in [6.07, 6.45) is 1.99. The fourth-order valence-corrected chi connectivity index (χ4v) is 3.09. The molecule has 0 saturated heterocycles. The first kappa shape index (κ1) is 14.1. The number of fused-ring (bicyclic) bond motifs is 1. The molecule has 2 aromatic carbocycles. The van der Waals surface area contributed by atoms with Crippen LogP contribution in [-0.4, -0.2) is 13.2 Å². The lowest BCUT2D eigenvalue weighted by Gasteiger charge is -2.34. The molecule has 0 amide bonds. The molecule has 21 heavy (non-hydrogen) atoms. The van der Waals surface area contributed by atoms with Crippen molar-refractivity contribution in [2.24, 2.45) is 0 Å². The van der Waals surface area contributed by atoms with Crippen LogP contribution in [0.4, 0.5) is 4.39 Å². The van der Waals surface area contributed by atoms with Gasteiger partial charge in [-0.3, -0.25) is 0 Å². The second kappa shape index (κ2) is 5.86. The summed E-state index contributed by atoms with van der Waals surface area (Å²) < 4.78 is 19.2. The Morgan fingerprint density at radius 3 is 2.76 bits per heavy atom. The lowest BCUT2D eigenvalue weighted by atomic mass is 9.85. The van der Waals surface area contributed by atoms with Crippen LogP contribution in [0.3, 0.4) is 0 Å². The highest BCUT2D eigenvalue weighted by Gasteiger charge is 2.28. The zero-order valence-corrected chi connectivity index (χ0v) is 12.4. The standard InChI is InChI=1S/C18H20FNO/c1-3-14-10-12-8-9-13(19)11-16(12)18(20-14)15-6-4-5-7-17(15)21-2/h4-9,11,14,18,20H,3,10H2,1-2H3. The highest BCUT2D eigenvalue weighted by molar-refractivity contribution is 5.46. The summed E-state index contributed by atoms with van der Waals surface area (Å²) >= 11 is 0. The van der Waals surface area contributed by atoms with E-state index in [1.165, 1.54) is 5.56 Å². The number of hydrogen-bond acceptors (Lipinski definition) is 2. The first-order valence-electron chi connectivity index (χ1n) is 7.40. The van der Waals surface area contributed by atoms with Crippen LogP contribution in [0.5, 0.6) is 5.75 Å². The van der Waals surface area contributed by atoms with Crippen LogP contribution in [0.15, 0.2) is 42.5 Å². The van der Waals surface area contributed by atoms with Crippen LogP contribution in [0, 0.1) is 5.82 Å². The summed E-state index contributed by atoms with van der Waals surface area (Å²) in [5, 5.41) is 3.63. The third kappa shape index (κ3) is 2.66. The lowest BCUT2D eigenvalue weighted by Crippen LogP contribution is -2.39. The van der Waals surface area contributed by atoms with Crippen molar-refractivity contribution in [2.45, 2.75) is 31.8 Å². The van der Waals surface area contributed by atoms with E-state index < -0.39 is 0 Å². The molecule has 0 spiro atoms. The predicted molar refractivity (Wildman–Crippen MR) is 82.2 cm³/mol. The third-order valence-corrected chi connectivity index (χ3v) is 4.23. The highest BCUT2D eigenvalue weighted by atomic mass is 19.1. The second-order valence-corrected chi connectivity index (χ2v) is 5.49. The maximum atomic E-state index is 13.7. The number of methoxy groups -OCH3 is 1. The van der Waals surface area contributed by atoms with Gasteiger partial charge < -0.3 is 10.1 Å². The van der Waals surface area contributed by atoms with Gasteiger partial charge in [0.05, 0.1) is 13.2 Å². The molecule has 1 aliphatic heterocycles. The zero-order valence-electron chi connectivity index (χ0n) is 12.4. The Hall–Kier alpha value is -1.87. The zero-order chi connectivity index (χ0) is 14.8. The van der Waals surface area contributed by atoms with Gasteiger partial charge in [-0.25, -0.2) is 4.39 Å². The summed E-state index contributed by atoms with van der Waals surface area (Å²) in [6, 6.07) is 13.4. The molecule has 1 heterocycles. The normalized spacial score (nSPS) is 20.9. The average molecular weight is 285 g/mol. The van der Waals surface area contributed by atoms with Crippen molar-refractivity contribution in [1.29, 1.82) is 0 Å². The van der Waals surface area contributed by atoms with Crippen molar-refractivity contribution < 1.29 is 9.13 Å². The molecule has 0 aliphatic carbocycles. The molecule has 0 radical (unpaired) electrons. The molecule has 1 N–H and O–H groups in total. The maximum Gasteiger partial charge on any atom is 0.123 e. The fraction of sp³-hybridized carbons (Fsp3) is 0.333. The number of halogens is 1. The Labute approximate surface area is 125 Å². The summed E-state index contributed by atoms with van der Waals surface area (Å²) in [4.78, 5) is 0. The van der Waals surface area contributed by atoms with Gasteiger partial charge in [0, 0.05) is 11.6 Å². The van der Waals surface area contributed by atoms with Crippen molar-refractivity contribution in [3.8, 4) is 5.75 Å². The predicted octanol–water partition coefficient (Wildman–Crippen LogP) is 3.85. The SMILES string of the molecule is CCC1Cc2ccc(F)cc2C(c2ccccc2OC)N1. The number of benzene rings is 2. The van der Waals surface area contributed by atoms with Gasteiger partial charge in [0.15, 0.2) is 0 Å². The molecule has 2 unspecified atom stereocenters. The lowest BCUT2D eigenvalue weighted by molar-refractivity contribution is 0.385. The quantitative estimate of drug-likeness (QED) is 0.925. The number of ether oxygens (including phenoxy) is 1. The van der Waals surface area contributed by atoms with Crippen molar-refractivity contribution in [3.05, 3.63) is 65.0 Å². The average Bonchev–Trinajstić information content (AvgIpc) is 2.53. The Morgan fingerprint density at radius 2 is 2.00 bits per heavy atom. The molecule has 0 fully saturated rings. The molecule has 0 aromatic heterocycles. The molecular weight excluding hydrogens is 265 g/mol. The van der Waals surface area contributed by atoms with Crippen molar-refractivity contribution >= 4 is 0 Å². The van der Waals surface area contributed by atoms with Crippen molar-refractivity contribution in [2.75, 3.05) is 7.11 Å². The van der Waals surface area contributed by atoms with Gasteiger partial charge in [0.1, 0.15) is 11.6 Å². The van der Waals surface area contributed by atoms with Crippen LogP contribution >= 0.6 is 0 Å². The number of rotatable bonds is 3. The van der Waals surface area contributed by atoms with Gasteiger partial charge in [-0.05, 0) is 42.2 Å². The van der Waals surface area contributed by atoms with Crippen molar-refractivity contribution in [1.82, 2.24) is 5.32 Å². The van der Waals surface area contributed by atoms with E-state index >= 15 is 0 Å². The topological polar surface area (TPSA) is 21.3 Å². The van der Waals surface area contributed by atoms with E-state index in [0.29, 0.717) is 6.04 Å². The summed E-state index contributed by atoms with van der Waals surface area (Å²) in [6.45, 7) is 2.17. The van der Waals surface area contributed by atoms with Gasteiger partial charge in [-0.15, -0.1) is 0 Å². The van der Waals surface area contributed by atoms with Crippen LogP contribution in [0.25, 0.3) is 0 Å². The first-order chi connectivity index (χ1) is 10.2. The molecule has 0 saturated carbocycles. The summed E-state index contributed by atoms with van der Waals surface area (Å²) in [5.74, 6) is 0.646. The van der Waals surface area contributed by atoms with E-state index in [9.17, 15) is 4.39 Å². The third-order valence-electron chi connectivity index (χ3n) is 4.23. The molecule has 3 heteroatoms. The van der Waals surface area contributed by atoms with Gasteiger partial charge in [-0.2, -0.15) is 0 Å². The molecule has 0 bridgehead atoms. The summed E-state index contributed by atoms with van der Waals surface area (Å²) in [5.41, 5.74) is 3.30. The minimum Gasteiger partial charge on any atom is -0.496 e. The fourth-order valence-electron chi connectivity index (χ4n) is 3.09. The monoisotopic (exact) mass is 285 g/mol. The summed E-state index contributed by atoms with van der Waals surface area (Å²) in [7, 11) is 1.67.